The second-order valence-corrected chi connectivity index (χ2v) is 2.57. The summed E-state index contributed by atoms with van der Waals surface area (Å²) in [4.78, 5) is 0. The Kier molecular flexibility index (Phi) is 6.45. The molecule has 0 spiro atoms. The maximum absolute atomic E-state index is 8.73. The molecule has 0 saturated heterocycles. The number of aliphatic hydroxyl groups excluding tert-OH is 1. The van der Waals surface area contributed by atoms with E-state index in [4.69, 9.17) is 15.6 Å². The molecule has 0 saturated carbocycles. The van der Waals surface area contributed by atoms with Crippen molar-refractivity contribution in [2.24, 2.45) is 5.73 Å². The van der Waals surface area contributed by atoms with E-state index in [2.05, 4.69) is 5.32 Å². The Hall–Kier alpha value is -0.160. The molecule has 0 aliphatic carbocycles. The molecule has 4 heteroatoms. The third kappa shape index (κ3) is 5.15. The quantitative estimate of drug-likeness (QED) is 0.465. The summed E-state index contributed by atoms with van der Waals surface area (Å²) in [6, 6.07) is -0.00685. The highest BCUT2D eigenvalue weighted by atomic mass is 16.5. The van der Waals surface area contributed by atoms with Crippen molar-refractivity contribution in [2.45, 2.75) is 19.1 Å². The van der Waals surface area contributed by atoms with Crippen LogP contribution in [0.1, 0.15) is 6.92 Å². The zero-order valence-electron chi connectivity index (χ0n) is 7.21. The smallest absolute Gasteiger partial charge is 0.0667 e. The van der Waals surface area contributed by atoms with Crippen LogP contribution in [0.4, 0.5) is 0 Å². The number of aliphatic hydroxyl groups is 1. The molecule has 4 N–H and O–H groups in total. The first-order valence-electron chi connectivity index (χ1n) is 3.81. The molecule has 0 aliphatic heterocycles. The lowest BCUT2D eigenvalue weighted by atomic mass is 10.3. The molecule has 0 heterocycles. The van der Waals surface area contributed by atoms with Gasteiger partial charge in [0, 0.05) is 26.2 Å². The molecule has 0 aliphatic rings. The van der Waals surface area contributed by atoms with Crippen LogP contribution in [-0.2, 0) is 4.74 Å². The Morgan fingerprint density at radius 1 is 1.64 bits per heavy atom. The summed E-state index contributed by atoms with van der Waals surface area (Å²) in [5, 5.41) is 11.8. The topological polar surface area (TPSA) is 67.5 Å². The summed E-state index contributed by atoms with van der Waals surface area (Å²) in [5.41, 5.74) is 5.35. The monoisotopic (exact) mass is 162 g/mol. The van der Waals surface area contributed by atoms with E-state index in [-0.39, 0.29) is 18.8 Å². The highest BCUT2D eigenvalue weighted by Crippen LogP contribution is 1.85. The van der Waals surface area contributed by atoms with Crippen LogP contribution in [0, 0.1) is 0 Å². The summed E-state index contributed by atoms with van der Waals surface area (Å²) in [7, 11) is 1.66. The predicted octanol–water partition coefficient (Wildman–Crippen LogP) is -1.07. The SMILES string of the molecule is COC(C)CNC(CN)CO. The fourth-order valence-electron chi connectivity index (χ4n) is 0.638. The van der Waals surface area contributed by atoms with Gasteiger partial charge in [0.05, 0.1) is 12.7 Å². The van der Waals surface area contributed by atoms with Gasteiger partial charge in [0.2, 0.25) is 0 Å². The van der Waals surface area contributed by atoms with Crippen LogP contribution in [0.5, 0.6) is 0 Å². The van der Waals surface area contributed by atoms with Crippen LogP contribution in [0.15, 0.2) is 0 Å². The Morgan fingerprint density at radius 3 is 2.64 bits per heavy atom. The molecule has 0 aromatic carbocycles. The second-order valence-electron chi connectivity index (χ2n) is 2.57. The third-order valence-corrected chi connectivity index (χ3v) is 1.60. The minimum atomic E-state index is -0.00685. The largest absolute Gasteiger partial charge is 0.395 e. The Labute approximate surface area is 67.7 Å². The molecule has 0 fully saturated rings. The van der Waals surface area contributed by atoms with Gasteiger partial charge in [-0.3, -0.25) is 0 Å². The van der Waals surface area contributed by atoms with Crippen LogP contribution in [0.25, 0.3) is 0 Å². The van der Waals surface area contributed by atoms with Crippen LogP contribution in [0.3, 0.4) is 0 Å². The molecule has 2 atom stereocenters. The van der Waals surface area contributed by atoms with E-state index in [0.717, 1.165) is 6.54 Å². The molecule has 0 aromatic rings. The fraction of sp³-hybridized carbons (Fsp3) is 1.00. The van der Waals surface area contributed by atoms with E-state index in [1.54, 1.807) is 7.11 Å². The summed E-state index contributed by atoms with van der Waals surface area (Å²) < 4.78 is 5.00. The van der Waals surface area contributed by atoms with E-state index in [1.807, 2.05) is 6.92 Å². The lowest BCUT2D eigenvalue weighted by Crippen LogP contribution is -2.42. The van der Waals surface area contributed by atoms with Crippen molar-refractivity contribution in [1.82, 2.24) is 5.32 Å². The van der Waals surface area contributed by atoms with Crippen molar-refractivity contribution in [3.8, 4) is 0 Å². The number of ether oxygens (including phenoxy) is 1. The van der Waals surface area contributed by atoms with Gasteiger partial charge in [0.1, 0.15) is 0 Å². The molecule has 0 rings (SSSR count). The van der Waals surface area contributed by atoms with Crippen molar-refractivity contribution < 1.29 is 9.84 Å². The number of hydrogen-bond acceptors (Lipinski definition) is 4. The number of nitrogens with one attached hydrogen (secondary N) is 1. The lowest BCUT2D eigenvalue weighted by Gasteiger charge is -2.16. The van der Waals surface area contributed by atoms with Crippen LogP contribution >= 0.6 is 0 Å². The van der Waals surface area contributed by atoms with Gasteiger partial charge in [-0.05, 0) is 6.92 Å². The lowest BCUT2D eigenvalue weighted by molar-refractivity contribution is 0.110. The predicted molar refractivity (Wildman–Crippen MR) is 44.4 cm³/mol. The molecule has 2 unspecified atom stereocenters. The molecule has 68 valence electrons. The Bertz CT molecular complexity index is 86.5. The maximum atomic E-state index is 8.73. The normalized spacial score (nSPS) is 16.4. The number of hydrogen-bond donors (Lipinski definition) is 3. The maximum Gasteiger partial charge on any atom is 0.0667 e. The Morgan fingerprint density at radius 2 is 2.27 bits per heavy atom. The van der Waals surface area contributed by atoms with Crippen molar-refractivity contribution in [2.75, 3.05) is 26.8 Å². The molecule has 4 nitrogen and oxygen atoms in total. The number of nitrogens with two attached hydrogens (primary N) is 1. The molecular formula is C7H18N2O2. The molecule has 11 heavy (non-hydrogen) atoms. The Balaban J connectivity index is 3.34. The van der Waals surface area contributed by atoms with Crippen molar-refractivity contribution in [3.05, 3.63) is 0 Å². The van der Waals surface area contributed by atoms with E-state index < -0.39 is 0 Å². The third-order valence-electron chi connectivity index (χ3n) is 1.60. The first-order valence-corrected chi connectivity index (χ1v) is 3.81. The van der Waals surface area contributed by atoms with Gasteiger partial charge in [-0.2, -0.15) is 0 Å². The molecule has 0 aromatic heterocycles. The zero-order valence-corrected chi connectivity index (χ0v) is 7.21. The highest BCUT2D eigenvalue weighted by molar-refractivity contribution is 4.67. The molecule has 0 bridgehead atoms. The minimum Gasteiger partial charge on any atom is -0.395 e. The zero-order chi connectivity index (χ0) is 8.69. The average molecular weight is 162 g/mol. The first kappa shape index (κ1) is 10.8. The van der Waals surface area contributed by atoms with Crippen molar-refractivity contribution in [1.29, 1.82) is 0 Å². The van der Waals surface area contributed by atoms with Gasteiger partial charge < -0.3 is 20.9 Å². The van der Waals surface area contributed by atoms with E-state index in [0.29, 0.717) is 6.54 Å². The van der Waals surface area contributed by atoms with E-state index in [1.165, 1.54) is 0 Å². The van der Waals surface area contributed by atoms with E-state index >= 15 is 0 Å². The van der Waals surface area contributed by atoms with Crippen molar-refractivity contribution >= 4 is 0 Å². The van der Waals surface area contributed by atoms with Crippen LogP contribution in [0.2, 0.25) is 0 Å². The highest BCUT2D eigenvalue weighted by Gasteiger charge is 2.05. The van der Waals surface area contributed by atoms with Gasteiger partial charge in [-0.1, -0.05) is 0 Å². The summed E-state index contributed by atoms with van der Waals surface area (Å²) in [6.07, 6.45) is 0.163. The minimum absolute atomic E-state index is 0.00685. The average Bonchev–Trinajstić information content (AvgIpc) is 2.06. The fourth-order valence-corrected chi connectivity index (χ4v) is 0.638. The number of rotatable bonds is 6. The molecule has 0 amide bonds. The first-order chi connectivity index (χ1) is 5.24. The van der Waals surface area contributed by atoms with E-state index in [9.17, 15) is 0 Å². The van der Waals surface area contributed by atoms with Crippen LogP contribution in [-0.4, -0.2) is 44.1 Å². The van der Waals surface area contributed by atoms with Gasteiger partial charge in [-0.15, -0.1) is 0 Å². The summed E-state index contributed by atoms with van der Waals surface area (Å²) in [6.45, 7) is 3.21. The van der Waals surface area contributed by atoms with Crippen LogP contribution < -0.4 is 11.1 Å². The summed E-state index contributed by atoms with van der Waals surface area (Å²) >= 11 is 0. The molecule has 0 radical (unpaired) electrons. The second kappa shape index (κ2) is 6.54. The summed E-state index contributed by atoms with van der Waals surface area (Å²) in [5.74, 6) is 0. The van der Waals surface area contributed by atoms with Crippen molar-refractivity contribution in [3.63, 3.8) is 0 Å². The van der Waals surface area contributed by atoms with Gasteiger partial charge in [0.25, 0.3) is 0 Å². The number of methoxy groups -OCH3 is 1. The van der Waals surface area contributed by atoms with Gasteiger partial charge in [-0.25, -0.2) is 0 Å². The van der Waals surface area contributed by atoms with Gasteiger partial charge >= 0.3 is 0 Å². The molecular weight excluding hydrogens is 144 g/mol. The van der Waals surface area contributed by atoms with Gasteiger partial charge in [0.15, 0.2) is 0 Å². The standard InChI is InChI=1S/C7H18N2O2/c1-6(11-2)4-9-7(3-8)5-10/h6-7,9-10H,3-5,8H2,1-2H3.